The zero-order chi connectivity index (χ0) is 12.3. The van der Waals surface area contributed by atoms with Gasteiger partial charge in [-0.05, 0) is 24.8 Å². The van der Waals surface area contributed by atoms with Gasteiger partial charge in [0.1, 0.15) is 9.52 Å². The average Bonchev–Trinajstić information content (AvgIpc) is 2.64. The van der Waals surface area contributed by atoms with Crippen LogP contribution in [0.15, 0.2) is 47.2 Å². The lowest BCUT2D eigenvalue weighted by Gasteiger charge is -2.12. The molecule has 88 valence electrons. The van der Waals surface area contributed by atoms with Crippen LogP contribution >= 0.6 is 0 Å². The fraction of sp³-hybridized carbons (Fsp3) is 0.375. The molecule has 1 atom stereocenters. The maximum absolute atomic E-state index is 2.32. The Morgan fingerprint density at radius 1 is 1.24 bits per heavy atom. The van der Waals surface area contributed by atoms with Crippen LogP contribution in [-0.4, -0.2) is 9.52 Å². The standard InChI is InChI=1S/C16H20Si/c1-4-7-14-8-5-6-9-15(14)17-16-12(2)10-11-13(16)3/h5-6,8-12H,4,7H2,1-3H3. The van der Waals surface area contributed by atoms with Crippen molar-refractivity contribution in [3.63, 3.8) is 0 Å². The number of hydrogen-bond donors (Lipinski definition) is 0. The molecular weight excluding hydrogens is 220 g/mol. The topological polar surface area (TPSA) is 0 Å². The van der Waals surface area contributed by atoms with Gasteiger partial charge in [-0.3, -0.25) is 0 Å². The van der Waals surface area contributed by atoms with E-state index < -0.39 is 0 Å². The molecule has 0 aliphatic heterocycles. The third-order valence-corrected chi connectivity index (χ3v) is 5.20. The predicted molar refractivity (Wildman–Crippen MR) is 76.8 cm³/mol. The third-order valence-electron chi connectivity index (χ3n) is 3.32. The molecule has 0 heterocycles. The van der Waals surface area contributed by atoms with Crippen LogP contribution in [0.5, 0.6) is 0 Å². The smallest absolute Gasteiger partial charge is 0.0778 e. The summed E-state index contributed by atoms with van der Waals surface area (Å²) < 4.78 is 0. The number of benzene rings is 1. The first-order chi connectivity index (χ1) is 8.22. The highest BCUT2D eigenvalue weighted by atomic mass is 28.2. The van der Waals surface area contributed by atoms with Gasteiger partial charge in [0.15, 0.2) is 0 Å². The third kappa shape index (κ3) is 2.78. The molecule has 0 saturated heterocycles. The van der Waals surface area contributed by atoms with E-state index in [1.807, 2.05) is 0 Å². The van der Waals surface area contributed by atoms with Crippen LogP contribution in [0.25, 0.3) is 0 Å². The second kappa shape index (κ2) is 5.50. The highest BCUT2D eigenvalue weighted by Gasteiger charge is 2.16. The van der Waals surface area contributed by atoms with E-state index >= 15 is 0 Å². The summed E-state index contributed by atoms with van der Waals surface area (Å²) in [6, 6.07) is 8.92. The van der Waals surface area contributed by atoms with Crippen LogP contribution in [0.4, 0.5) is 0 Å². The van der Waals surface area contributed by atoms with Crippen molar-refractivity contribution in [1.29, 1.82) is 0 Å². The lowest BCUT2D eigenvalue weighted by Crippen LogP contribution is -2.23. The minimum absolute atomic E-state index is 0.628. The van der Waals surface area contributed by atoms with Crippen LogP contribution in [0.3, 0.4) is 0 Å². The molecule has 2 rings (SSSR count). The minimum Gasteiger partial charge on any atom is -0.0778 e. The van der Waals surface area contributed by atoms with Gasteiger partial charge in [-0.2, -0.15) is 0 Å². The van der Waals surface area contributed by atoms with Crippen molar-refractivity contribution in [3.05, 3.63) is 52.8 Å². The predicted octanol–water partition coefficient (Wildman–Crippen LogP) is 3.45. The first kappa shape index (κ1) is 12.4. The molecule has 1 aliphatic rings. The van der Waals surface area contributed by atoms with Crippen molar-refractivity contribution in [2.45, 2.75) is 33.6 Å². The van der Waals surface area contributed by atoms with E-state index in [1.54, 1.807) is 10.4 Å². The van der Waals surface area contributed by atoms with Crippen molar-refractivity contribution >= 4 is 14.7 Å². The summed E-state index contributed by atoms with van der Waals surface area (Å²) in [5.74, 6) is 0.628. The molecule has 0 saturated carbocycles. The largest absolute Gasteiger partial charge is 0.117 e. The van der Waals surface area contributed by atoms with Crippen LogP contribution < -0.4 is 5.19 Å². The van der Waals surface area contributed by atoms with Gasteiger partial charge in [-0.25, -0.2) is 0 Å². The molecule has 0 fully saturated rings. The maximum atomic E-state index is 2.32. The van der Waals surface area contributed by atoms with E-state index in [0.717, 1.165) is 9.52 Å². The van der Waals surface area contributed by atoms with Crippen molar-refractivity contribution < 1.29 is 0 Å². The van der Waals surface area contributed by atoms with Gasteiger partial charge >= 0.3 is 0 Å². The molecule has 1 heteroatoms. The Morgan fingerprint density at radius 2 is 2.00 bits per heavy atom. The second-order valence-electron chi connectivity index (χ2n) is 4.78. The first-order valence-electron chi connectivity index (χ1n) is 6.46. The normalized spacial score (nSPS) is 19.1. The van der Waals surface area contributed by atoms with Crippen molar-refractivity contribution in [1.82, 2.24) is 0 Å². The summed E-state index contributed by atoms with van der Waals surface area (Å²) in [4.78, 5) is 0. The Labute approximate surface area is 107 Å². The molecule has 1 aromatic rings. The van der Waals surface area contributed by atoms with Crippen LogP contribution in [0, 0.1) is 5.92 Å². The molecule has 0 aromatic heterocycles. The summed E-state index contributed by atoms with van der Waals surface area (Å²) in [5.41, 5.74) is 3.01. The summed E-state index contributed by atoms with van der Waals surface area (Å²) in [5, 5.41) is 3.16. The van der Waals surface area contributed by atoms with Crippen LogP contribution in [0.1, 0.15) is 32.8 Å². The molecule has 17 heavy (non-hydrogen) atoms. The number of aryl methyl sites for hydroxylation is 1. The van der Waals surface area contributed by atoms with Gasteiger partial charge < -0.3 is 0 Å². The zero-order valence-corrected chi connectivity index (χ0v) is 12.0. The van der Waals surface area contributed by atoms with E-state index in [0.29, 0.717) is 5.92 Å². The Kier molecular flexibility index (Phi) is 4.00. The van der Waals surface area contributed by atoms with Crippen molar-refractivity contribution in [2.75, 3.05) is 0 Å². The van der Waals surface area contributed by atoms with Gasteiger partial charge in [0.25, 0.3) is 0 Å². The number of rotatable bonds is 4. The highest BCUT2D eigenvalue weighted by molar-refractivity contribution is 6.62. The lowest BCUT2D eigenvalue weighted by atomic mass is 10.1. The fourth-order valence-electron chi connectivity index (χ4n) is 2.32. The Bertz CT molecular complexity index is 454. The minimum atomic E-state index is 0.628. The lowest BCUT2D eigenvalue weighted by molar-refractivity contribution is 0.922. The van der Waals surface area contributed by atoms with Crippen molar-refractivity contribution in [2.24, 2.45) is 5.92 Å². The molecule has 0 bridgehead atoms. The summed E-state index contributed by atoms with van der Waals surface area (Å²) >= 11 is 0. The van der Waals surface area contributed by atoms with E-state index in [2.05, 4.69) is 57.2 Å². The number of allylic oxidation sites excluding steroid dienone is 4. The molecule has 1 aliphatic carbocycles. The van der Waals surface area contributed by atoms with Crippen LogP contribution in [-0.2, 0) is 6.42 Å². The molecule has 2 radical (unpaired) electrons. The maximum Gasteiger partial charge on any atom is 0.117 e. The van der Waals surface area contributed by atoms with E-state index in [1.165, 1.54) is 24.0 Å². The van der Waals surface area contributed by atoms with Crippen LogP contribution in [0.2, 0.25) is 0 Å². The highest BCUT2D eigenvalue weighted by Crippen LogP contribution is 2.23. The molecule has 1 aromatic carbocycles. The monoisotopic (exact) mass is 240 g/mol. The molecular formula is C16H20Si. The Balaban J connectivity index is 2.22. The van der Waals surface area contributed by atoms with E-state index in [4.69, 9.17) is 0 Å². The first-order valence-corrected chi connectivity index (χ1v) is 7.46. The summed E-state index contributed by atoms with van der Waals surface area (Å²) in [6.07, 6.45) is 7.03. The average molecular weight is 240 g/mol. The second-order valence-corrected chi connectivity index (χ2v) is 6.10. The number of hydrogen-bond acceptors (Lipinski definition) is 0. The van der Waals surface area contributed by atoms with Gasteiger partial charge in [0, 0.05) is 0 Å². The molecule has 0 N–H and O–H groups in total. The van der Waals surface area contributed by atoms with Gasteiger partial charge in [0.05, 0.1) is 0 Å². The molecule has 0 spiro atoms. The van der Waals surface area contributed by atoms with E-state index in [-0.39, 0.29) is 0 Å². The van der Waals surface area contributed by atoms with Crippen molar-refractivity contribution in [3.8, 4) is 0 Å². The quantitative estimate of drug-likeness (QED) is 0.707. The zero-order valence-electron chi connectivity index (χ0n) is 11.0. The fourth-order valence-corrected chi connectivity index (χ4v) is 3.76. The summed E-state index contributed by atoms with van der Waals surface area (Å²) in [6.45, 7) is 6.80. The molecule has 1 unspecified atom stereocenters. The van der Waals surface area contributed by atoms with Gasteiger partial charge in [-0.15, -0.1) is 0 Å². The Morgan fingerprint density at radius 3 is 2.65 bits per heavy atom. The van der Waals surface area contributed by atoms with Gasteiger partial charge in [-0.1, -0.05) is 72.6 Å². The molecule has 0 nitrogen and oxygen atoms in total. The van der Waals surface area contributed by atoms with Gasteiger partial charge in [0.2, 0.25) is 0 Å². The van der Waals surface area contributed by atoms with E-state index in [9.17, 15) is 0 Å². The molecule has 0 amide bonds. The Hall–Kier alpha value is -1.08. The SMILES string of the molecule is CCCc1ccccc1[Si]C1=C(C)C=CC1C. The summed E-state index contributed by atoms with van der Waals surface area (Å²) in [7, 11) is 0.845.